The number of rotatable bonds is 1. The van der Waals surface area contributed by atoms with E-state index in [4.69, 9.17) is 0 Å². The van der Waals surface area contributed by atoms with E-state index in [1.807, 2.05) is 0 Å². The lowest BCUT2D eigenvalue weighted by atomic mass is 10.1. The third-order valence-electron chi connectivity index (χ3n) is 2.67. The van der Waals surface area contributed by atoms with Crippen molar-refractivity contribution >= 4 is 16.8 Å². The van der Waals surface area contributed by atoms with Gasteiger partial charge in [0.15, 0.2) is 0 Å². The molecule has 2 heterocycles. The van der Waals surface area contributed by atoms with Crippen molar-refractivity contribution in [2.24, 2.45) is 0 Å². The lowest BCUT2D eigenvalue weighted by molar-refractivity contribution is -0.0583. The van der Waals surface area contributed by atoms with E-state index >= 15 is 0 Å². The van der Waals surface area contributed by atoms with Gasteiger partial charge in [-0.3, -0.25) is 9.42 Å². The molecule has 0 aromatic carbocycles. The SMILES string of the molecule is C[S@@](=O)C1CC[C@@H]2CN1C(=O)N2O. The number of fused-ring (bicyclic) bond motifs is 2. The zero-order valence-electron chi connectivity index (χ0n) is 7.34. The molecular formula is C7H12N2O3S. The first-order valence-electron chi connectivity index (χ1n) is 4.22. The van der Waals surface area contributed by atoms with E-state index in [0.717, 1.165) is 17.9 Å². The van der Waals surface area contributed by atoms with Crippen LogP contribution in [0, 0.1) is 0 Å². The standard InChI is InChI=1S/C7H12N2O3S/c1-13(12)6-3-2-5-4-8(6)7(10)9(5)11/h5-6,11H,2-4H2,1H3/t5-,6?,13-/m1/s1. The largest absolute Gasteiger partial charge is 0.345 e. The Morgan fingerprint density at radius 1 is 1.54 bits per heavy atom. The monoisotopic (exact) mass is 204 g/mol. The second kappa shape index (κ2) is 2.95. The minimum absolute atomic E-state index is 0.0905. The van der Waals surface area contributed by atoms with Gasteiger partial charge in [0.25, 0.3) is 0 Å². The van der Waals surface area contributed by atoms with Crippen molar-refractivity contribution in [3.8, 4) is 0 Å². The van der Waals surface area contributed by atoms with Crippen LogP contribution in [0.1, 0.15) is 12.8 Å². The fourth-order valence-electron chi connectivity index (χ4n) is 1.96. The summed E-state index contributed by atoms with van der Waals surface area (Å²) in [5.74, 6) is 0. The van der Waals surface area contributed by atoms with Gasteiger partial charge in [0, 0.05) is 23.6 Å². The predicted molar refractivity (Wildman–Crippen MR) is 46.6 cm³/mol. The fraction of sp³-hybridized carbons (Fsp3) is 0.857. The fourth-order valence-corrected chi connectivity index (χ4v) is 2.96. The average Bonchev–Trinajstić information content (AvgIpc) is 2.32. The second-order valence-corrected chi connectivity index (χ2v) is 5.01. The maximum absolute atomic E-state index is 11.4. The summed E-state index contributed by atoms with van der Waals surface area (Å²) in [6.07, 6.45) is 3.05. The number of nitrogens with zero attached hydrogens (tertiary/aromatic N) is 2. The summed E-state index contributed by atoms with van der Waals surface area (Å²) in [4.78, 5) is 12.9. The molecular weight excluding hydrogens is 192 g/mol. The molecule has 1 unspecified atom stereocenters. The number of urea groups is 1. The van der Waals surface area contributed by atoms with Crippen molar-refractivity contribution in [2.75, 3.05) is 12.8 Å². The molecule has 3 atom stereocenters. The Labute approximate surface area is 78.7 Å². The van der Waals surface area contributed by atoms with Crippen LogP contribution in [-0.2, 0) is 10.8 Å². The van der Waals surface area contributed by atoms with Crippen LogP contribution >= 0.6 is 0 Å². The number of carbonyl (C=O) groups is 1. The van der Waals surface area contributed by atoms with Gasteiger partial charge in [-0.1, -0.05) is 0 Å². The summed E-state index contributed by atoms with van der Waals surface area (Å²) < 4.78 is 11.3. The third kappa shape index (κ3) is 1.24. The van der Waals surface area contributed by atoms with E-state index in [0.29, 0.717) is 6.54 Å². The molecule has 0 aromatic rings. The van der Waals surface area contributed by atoms with Crippen molar-refractivity contribution in [1.29, 1.82) is 0 Å². The van der Waals surface area contributed by atoms with Gasteiger partial charge in [-0.2, -0.15) is 0 Å². The maximum atomic E-state index is 11.4. The molecule has 0 spiro atoms. The minimum atomic E-state index is -1.02. The van der Waals surface area contributed by atoms with Gasteiger partial charge in [-0.25, -0.2) is 9.86 Å². The normalized spacial score (nSPS) is 35.4. The molecule has 0 aliphatic carbocycles. The second-order valence-electron chi connectivity index (χ2n) is 3.46. The molecule has 2 amide bonds. The Hall–Kier alpha value is -0.620. The van der Waals surface area contributed by atoms with Gasteiger partial charge < -0.3 is 4.90 Å². The van der Waals surface area contributed by atoms with Gasteiger partial charge in [-0.05, 0) is 12.8 Å². The van der Waals surface area contributed by atoms with Crippen molar-refractivity contribution < 1.29 is 14.2 Å². The first-order valence-corrected chi connectivity index (χ1v) is 5.84. The molecule has 2 aliphatic rings. The molecule has 5 nitrogen and oxygen atoms in total. The highest BCUT2D eigenvalue weighted by Gasteiger charge is 2.45. The summed E-state index contributed by atoms with van der Waals surface area (Å²) in [6, 6.07) is -0.491. The first-order chi connectivity index (χ1) is 6.11. The van der Waals surface area contributed by atoms with E-state index in [9.17, 15) is 14.2 Å². The van der Waals surface area contributed by atoms with E-state index in [-0.39, 0.29) is 11.4 Å². The summed E-state index contributed by atoms with van der Waals surface area (Å²) in [5, 5.41) is 9.87. The zero-order chi connectivity index (χ0) is 9.59. The molecule has 0 radical (unpaired) electrons. The lowest BCUT2D eigenvalue weighted by Gasteiger charge is -2.28. The highest BCUT2D eigenvalue weighted by atomic mass is 32.2. The highest BCUT2D eigenvalue weighted by molar-refractivity contribution is 7.84. The molecule has 0 aromatic heterocycles. The van der Waals surface area contributed by atoms with E-state index < -0.39 is 16.8 Å². The number of amides is 2. The molecule has 0 saturated carbocycles. The third-order valence-corrected chi connectivity index (χ3v) is 3.93. The maximum Gasteiger partial charge on any atom is 0.345 e. The van der Waals surface area contributed by atoms with Gasteiger partial charge in [0.2, 0.25) is 0 Å². The Morgan fingerprint density at radius 2 is 2.23 bits per heavy atom. The molecule has 13 heavy (non-hydrogen) atoms. The molecule has 2 fully saturated rings. The predicted octanol–water partition coefficient (Wildman–Crippen LogP) is -0.0198. The van der Waals surface area contributed by atoms with Crippen LogP contribution in [0.4, 0.5) is 4.79 Å². The lowest BCUT2D eigenvalue weighted by Crippen LogP contribution is -2.42. The minimum Gasteiger partial charge on any atom is -0.306 e. The van der Waals surface area contributed by atoms with Crippen molar-refractivity contribution in [2.45, 2.75) is 24.3 Å². The molecule has 2 aliphatic heterocycles. The number of hydrogen-bond acceptors (Lipinski definition) is 3. The van der Waals surface area contributed by atoms with Gasteiger partial charge in [0.1, 0.15) is 5.37 Å². The highest BCUT2D eigenvalue weighted by Crippen LogP contribution is 2.29. The Bertz CT molecular complexity index is 270. The van der Waals surface area contributed by atoms with E-state index in [2.05, 4.69) is 0 Å². The van der Waals surface area contributed by atoms with Gasteiger partial charge >= 0.3 is 6.03 Å². The van der Waals surface area contributed by atoms with Crippen molar-refractivity contribution in [3.63, 3.8) is 0 Å². The first kappa shape index (κ1) is 8.96. The van der Waals surface area contributed by atoms with Crippen LogP contribution in [0.5, 0.6) is 0 Å². The molecule has 2 saturated heterocycles. The summed E-state index contributed by atoms with van der Waals surface area (Å²) in [5.41, 5.74) is 0. The van der Waals surface area contributed by atoms with Gasteiger partial charge in [-0.15, -0.1) is 0 Å². The molecule has 6 heteroatoms. The van der Waals surface area contributed by atoms with Crippen molar-refractivity contribution in [3.05, 3.63) is 0 Å². The van der Waals surface area contributed by atoms with Crippen LogP contribution in [0.3, 0.4) is 0 Å². The van der Waals surface area contributed by atoms with Crippen LogP contribution in [-0.4, -0.2) is 49.6 Å². The molecule has 1 N–H and O–H groups in total. The van der Waals surface area contributed by atoms with Crippen LogP contribution in [0.15, 0.2) is 0 Å². The Balaban J connectivity index is 2.22. The Morgan fingerprint density at radius 3 is 2.85 bits per heavy atom. The zero-order valence-corrected chi connectivity index (χ0v) is 8.16. The molecule has 74 valence electrons. The smallest absolute Gasteiger partial charge is 0.306 e. The summed E-state index contributed by atoms with van der Waals surface area (Å²) in [7, 11) is -1.02. The summed E-state index contributed by atoms with van der Waals surface area (Å²) in [6.45, 7) is 0.513. The Kier molecular flexibility index (Phi) is 2.03. The van der Waals surface area contributed by atoms with Crippen molar-refractivity contribution in [1.82, 2.24) is 9.96 Å². The van der Waals surface area contributed by atoms with Crippen LogP contribution < -0.4 is 0 Å². The molecule has 2 rings (SSSR count). The van der Waals surface area contributed by atoms with E-state index in [1.54, 1.807) is 6.26 Å². The number of hydroxylamine groups is 2. The van der Waals surface area contributed by atoms with Gasteiger partial charge in [0.05, 0.1) is 6.04 Å². The summed E-state index contributed by atoms with van der Waals surface area (Å²) >= 11 is 0. The quantitative estimate of drug-likeness (QED) is 0.611. The van der Waals surface area contributed by atoms with Crippen LogP contribution in [0.2, 0.25) is 0 Å². The topological polar surface area (TPSA) is 60.9 Å². The number of carbonyl (C=O) groups excluding carboxylic acids is 1. The average molecular weight is 204 g/mol. The van der Waals surface area contributed by atoms with E-state index in [1.165, 1.54) is 4.90 Å². The number of hydrogen-bond donors (Lipinski definition) is 1. The molecule has 2 bridgehead atoms. The van der Waals surface area contributed by atoms with Crippen LogP contribution in [0.25, 0.3) is 0 Å². The number of piperidine rings is 1.